The first-order valence-electron chi connectivity index (χ1n) is 8.98. The number of fused-ring (bicyclic) bond motifs is 2. The van der Waals surface area contributed by atoms with Crippen LogP contribution in [0, 0.1) is 0 Å². The van der Waals surface area contributed by atoms with Gasteiger partial charge >= 0.3 is 0 Å². The number of nitrogens with one attached hydrogen (secondary N) is 1. The molecule has 5 rings (SSSR count). The van der Waals surface area contributed by atoms with Gasteiger partial charge in [0.25, 0.3) is 6.43 Å². The van der Waals surface area contributed by atoms with E-state index in [-0.39, 0.29) is 0 Å². The molecule has 0 atom stereocenters. The van der Waals surface area contributed by atoms with Gasteiger partial charge < -0.3 is 11.1 Å². The third-order valence-electron chi connectivity index (χ3n) is 4.92. The zero-order valence-corrected chi connectivity index (χ0v) is 14.8. The number of hydrogen-bond donors (Lipinski definition) is 2. The smallest absolute Gasteiger partial charge is 0.258 e. The van der Waals surface area contributed by atoms with Crippen LogP contribution in [0.1, 0.15) is 19.3 Å². The number of alkyl halides is 2. The number of hydrogen-bond acceptors (Lipinski definition) is 7. The van der Waals surface area contributed by atoms with Gasteiger partial charge in [0.1, 0.15) is 17.6 Å². The van der Waals surface area contributed by atoms with Gasteiger partial charge in [-0.1, -0.05) is 5.21 Å². The molecule has 0 aliphatic heterocycles. The molecule has 1 aliphatic rings. The molecule has 4 aromatic rings. The van der Waals surface area contributed by atoms with Crippen LogP contribution in [0.2, 0.25) is 0 Å². The van der Waals surface area contributed by atoms with E-state index in [1.54, 1.807) is 22.8 Å². The molecule has 3 N–H and O–H groups in total. The fourth-order valence-electron chi connectivity index (χ4n) is 3.31. The van der Waals surface area contributed by atoms with Crippen molar-refractivity contribution in [1.82, 2.24) is 34.6 Å². The number of pyridine rings is 1. The van der Waals surface area contributed by atoms with Gasteiger partial charge in [-0.15, -0.1) is 10.2 Å². The van der Waals surface area contributed by atoms with E-state index in [9.17, 15) is 8.78 Å². The summed E-state index contributed by atoms with van der Waals surface area (Å²) in [5.41, 5.74) is 8.81. The minimum atomic E-state index is -2.55. The number of rotatable bonds is 5. The average Bonchev–Trinajstić information content (AvgIpc) is 3.22. The van der Waals surface area contributed by atoms with E-state index in [1.807, 2.05) is 6.07 Å². The van der Waals surface area contributed by atoms with Gasteiger partial charge in [0.05, 0.1) is 5.69 Å². The highest BCUT2D eigenvalue weighted by Crippen LogP contribution is 2.29. The molecule has 0 bridgehead atoms. The van der Waals surface area contributed by atoms with Gasteiger partial charge in [-0.3, -0.25) is 0 Å². The van der Waals surface area contributed by atoms with Crippen molar-refractivity contribution < 1.29 is 8.78 Å². The first kappa shape index (κ1) is 16.8. The van der Waals surface area contributed by atoms with E-state index in [2.05, 4.69) is 30.7 Å². The minimum Gasteiger partial charge on any atom is -0.382 e. The van der Waals surface area contributed by atoms with Crippen LogP contribution >= 0.6 is 0 Å². The number of nitrogen functional groups attached to an aromatic ring is 1. The Morgan fingerprint density at radius 2 is 2.07 bits per heavy atom. The van der Waals surface area contributed by atoms with E-state index in [1.165, 1.54) is 6.42 Å². The summed E-state index contributed by atoms with van der Waals surface area (Å²) in [5.74, 6) is 0.803. The van der Waals surface area contributed by atoms with Crippen LogP contribution in [0.4, 0.5) is 20.5 Å². The molecule has 0 amide bonds. The maximum Gasteiger partial charge on any atom is 0.258 e. The number of aromatic nitrogens is 7. The SMILES string of the molecule is Nc1nc(NC2CCC2)nn2ccc(-c3ccc4nnn(CC(F)F)c4n3)c12. The molecule has 9 nitrogen and oxygen atoms in total. The average molecular weight is 385 g/mol. The molecular weight excluding hydrogens is 368 g/mol. The number of nitrogens with zero attached hydrogens (tertiary/aromatic N) is 7. The second-order valence-corrected chi connectivity index (χ2v) is 6.82. The number of nitrogens with two attached hydrogens (primary N) is 1. The van der Waals surface area contributed by atoms with E-state index >= 15 is 0 Å². The van der Waals surface area contributed by atoms with Crippen LogP contribution in [0.15, 0.2) is 24.4 Å². The second-order valence-electron chi connectivity index (χ2n) is 6.82. The highest BCUT2D eigenvalue weighted by atomic mass is 19.3. The molecule has 1 saturated carbocycles. The minimum absolute atomic E-state index is 0.292. The van der Waals surface area contributed by atoms with Crippen molar-refractivity contribution in [2.24, 2.45) is 0 Å². The molecule has 1 aliphatic carbocycles. The fraction of sp³-hybridized carbons (Fsp3) is 0.353. The molecular formula is C17H17F2N9. The molecule has 11 heteroatoms. The maximum atomic E-state index is 12.8. The summed E-state index contributed by atoms with van der Waals surface area (Å²) < 4.78 is 28.3. The number of anilines is 2. The quantitative estimate of drug-likeness (QED) is 0.542. The van der Waals surface area contributed by atoms with Crippen molar-refractivity contribution >= 4 is 28.4 Å². The summed E-state index contributed by atoms with van der Waals surface area (Å²) in [4.78, 5) is 8.85. The van der Waals surface area contributed by atoms with Crippen molar-refractivity contribution in [2.75, 3.05) is 11.1 Å². The van der Waals surface area contributed by atoms with Gasteiger partial charge in [-0.05, 0) is 37.5 Å². The third kappa shape index (κ3) is 2.79. The standard InChI is InChI=1S/C17H17F2N9/c18-13(19)8-28-16-12(24-26-28)5-4-11(22-16)10-6-7-27-14(10)15(20)23-17(25-27)21-9-2-1-3-9/h4-7,9,13H,1-3,8H2,(H3,20,21,23,25). The Hall–Kier alpha value is -3.37. The van der Waals surface area contributed by atoms with E-state index in [0.717, 1.165) is 17.5 Å². The molecule has 28 heavy (non-hydrogen) atoms. The normalized spacial score (nSPS) is 14.8. The zero-order chi connectivity index (χ0) is 19.3. The lowest BCUT2D eigenvalue weighted by molar-refractivity contribution is 0.122. The lowest BCUT2D eigenvalue weighted by Gasteiger charge is -2.26. The lowest BCUT2D eigenvalue weighted by atomic mass is 9.93. The highest BCUT2D eigenvalue weighted by Gasteiger charge is 2.20. The van der Waals surface area contributed by atoms with Crippen molar-refractivity contribution in [1.29, 1.82) is 0 Å². The molecule has 1 fully saturated rings. The van der Waals surface area contributed by atoms with Crippen LogP contribution in [0.25, 0.3) is 27.9 Å². The van der Waals surface area contributed by atoms with Gasteiger partial charge in [0.15, 0.2) is 11.5 Å². The molecule has 0 aromatic carbocycles. The van der Waals surface area contributed by atoms with Crippen molar-refractivity contribution in [3.63, 3.8) is 0 Å². The van der Waals surface area contributed by atoms with Gasteiger partial charge in [-0.2, -0.15) is 4.98 Å². The monoisotopic (exact) mass is 385 g/mol. The zero-order valence-electron chi connectivity index (χ0n) is 14.8. The predicted molar refractivity (Wildman–Crippen MR) is 99.0 cm³/mol. The summed E-state index contributed by atoms with van der Waals surface area (Å²) in [6.07, 6.45) is 2.63. The topological polar surface area (TPSA) is 112 Å². The molecule has 144 valence electrons. The largest absolute Gasteiger partial charge is 0.382 e. The Morgan fingerprint density at radius 1 is 1.21 bits per heavy atom. The Kier molecular flexibility index (Phi) is 3.81. The van der Waals surface area contributed by atoms with Crippen LogP contribution < -0.4 is 11.1 Å². The van der Waals surface area contributed by atoms with E-state index < -0.39 is 13.0 Å². The van der Waals surface area contributed by atoms with Gasteiger partial charge in [0.2, 0.25) is 5.95 Å². The Labute approximate surface area is 157 Å². The van der Waals surface area contributed by atoms with Crippen LogP contribution in [-0.2, 0) is 6.54 Å². The molecule has 0 saturated heterocycles. The maximum absolute atomic E-state index is 12.8. The third-order valence-corrected chi connectivity index (χ3v) is 4.92. The summed E-state index contributed by atoms with van der Waals surface area (Å²) in [5, 5.41) is 15.4. The Balaban J connectivity index is 1.56. The highest BCUT2D eigenvalue weighted by molar-refractivity contribution is 5.88. The predicted octanol–water partition coefficient (Wildman–Crippen LogP) is 2.35. The first-order valence-corrected chi connectivity index (χ1v) is 8.98. The second kappa shape index (κ2) is 6.36. The summed E-state index contributed by atoms with van der Waals surface area (Å²) in [7, 11) is 0. The Morgan fingerprint density at radius 3 is 2.82 bits per heavy atom. The summed E-state index contributed by atoms with van der Waals surface area (Å²) in [6, 6.07) is 5.65. The van der Waals surface area contributed by atoms with Gasteiger partial charge in [0, 0.05) is 17.8 Å². The van der Waals surface area contributed by atoms with E-state index in [4.69, 9.17) is 5.73 Å². The van der Waals surface area contributed by atoms with E-state index in [0.29, 0.717) is 45.7 Å². The fourth-order valence-corrected chi connectivity index (χ4v) is 3.31. The molecule has 0 radical (unpaired) electrons. The molecule has 4 heterocycles. The Bertz CT molecular complexity index is 1160. The summed E-state index contributed by atoms with van der Waals surface area (Å²) >= 11 is 0. The van der Waals surface area contributed by atoms with Crippen LogP contribution in [-0.4, -0.2) is 47.0 Å². The molecule has 0 unspecified atom stereocenters. The first-order chi connectivity index (χ1) is 13.6. The van der Waals surface area contributed by atoms with Crippen molar-refractivity contribution in [3.8, 4) is 11.3 Å². The molecule has 0 spiro atoms. The lowest BCUT2D eigenvalue weighted by Crippen LogP contribution is -2.28. The van der Waals surface area contributed by atoms with Gasteiger partial charge in [-0.25, -0.2) is 23.0 Å². The van der Waals surface area contributed by atoms with Crippen LogP contribution in [0.3, 0.4) is 0 Å². The summed E-state index contributed by atoms with van der Waals surface area (Å²) in [6.45, 7) is -0.565. The van der Waals surface area contributed by atoms with Crippen molar-refractivity contribution in [2.45, 2.75) is 38.3 Å². The van der Waals surface area contributed by atoms with Crippen LogP contribution in [0.5, 0.6) is 0 Å². The molecule has 4 aromatic heterocycles. The number of halogens is 2. The van der Waals surface area contributed by atoms with Crippen molar-refractivity contribution in [3.05, 3.63) is 24.4 Å².